The van der Waals surface area contributed by atoms with E-state index in [-0.39, 0.29) is 10.6 Å². The van der Waals surface area contributed by atoms with Crippen molar-refractivity contribution in [3.8, 4) is 5.75 Å². The van der Waals surface area contributed by atoms with Crippen LogP contribution in [0.3, 0.4) is 0 Å². The summed E-state index contributed by atoms with van der Waals surface area (Å²) in [7, 11) is -2.55. The van der Waals surface area contributed by atoms with Crippen LogP contribution in [0.25, 0.3) is 0 Å². The Morgan fingerprint density at radius 1 is 1.17 bits per heavy atom. The molecule has 128 valence electrons. The zero-order valence-electron chi connectivity index (χ0n) is 13.2. The SMILES string of the molecule is COc1ccc(C)cc1S(=O)(=O)NCC(=O)Nc1ccc(F)cc1. The third kappa shape index (κ3) is 4.53. The topological polar surface area (TPSA) is 84.5 Å². The molecule has 24 heavy (non-hydrogen) atoms. The van der Waals surface area contributed by atoms with Crippen LogP contribution < -0.4 is 14.8 Å². The molecule has 6 nitrogen and oxygen atoms in total. The second kappa shape index (κ2) is 7.41. The first-order valence-electron chi connectivity index (χ1n) is 7.01. The van der Waals surface area contributed by atoms with E-state index in [9.17, 15) is 17.6 Å². The molecule has 2 N–H and O–H groups in total. The van der Waals surface area contributed by atoms with Crippen molar-refractivity contribution < 1.29 is 22.3 Å². The summed E-state index contributed by atoms with van der Waals surface area (Å²) in [5, 5.41) is 2.47. The monoisotopic (exact) mass is 352 g/mol. The number of nitrogens with one attached hydrogen (secondary N) is 2. The van der Waals surface area contributed by atoms with E-state index >= 15 is 0 Å². The molecule has 0 aliphatic heterocycles. The predicted molar refractivity (Wildman–Crippen MR) is 87.9 cm³/mol. The van der Waals surface area contributed by atoms with Crippen molar-refractivity contribution in [1.29, 1.82) is 0 Å². The predicted octanol–water partition coefficient (Wildman–Crippen LogP) is 2.06. The van der Waals surface area contributed by atoms with E-state index in [0.29, 0.717) is 5.69 Å². The zero-order valence-corrected chi connectivity index (χ0v) is 14.0. The van der Waals surface area contributed by atoms with Gasteiger partial charge in [0, 0.05) is 5.69 Å². The average molecular weight is 352 g/mol. The van der Waals surface area contributed by atoms with E-state index in [2.05, 4.69) is 10.0 Å². The van der Waals surface area contributed by atoms with Crippen LogP contribution in [-0.2, 0) is 14.8 Å². The number of amides is 1. The van der Waals surface area contributed by atoms with Gasteiger partial charge in [-0.05, 0) is 48.9 Å². The van der Waals surface area contributed by atoms with Crippen LogP contribution in [0.15, 0.2) is 47.4 Å². The summed E-state index contributed by atoms with van der Waals surface area (Å²) in [5.74, 6) is -0.816. The Bertz CT molecular complexity index is 836. The van der Waals surface area contributed by atoms with Crippen LogP contribution in [0.1, 0.15) is 5.56 Å². The number of benzene rings is 2. The molecule has 1 amide bonds. The first kappa shape index (κ1) is 17.9. The van der Waals surface area contributed by atoms with Crippen molar-refractivity contribution in [2.45, 2.75) is 11.8 Å². The smallest absolute Gasteiger partial charge is 0.244 e. The highest BCUT2D eigenvalue weighted by atomic mass is 32.2. The summed E-state index contributed by atoms with van der Waals surface area (Å²) in [6.45, 7) is 1.29. The van der Waals surface area contributed by atoms with Gasteiger partial charge in [-0.25, -0.2) is 17.5 Å². The quantitative estimate of drug-likeness (QED) is 0.833. The normalized spacial score (nSPS) is 11.1. The Hall–Kier alpha value is -2.45. The molecule has 0 spiro atoms. The van der Waals surface area contributed by atoms with Crippen molar-refractivity contribution in [1.82, 2.24) is 4.72 Å². The maximum atomic E-state index is 12.8. The molecule has 2 aromatic carbocycles. The van der Waals surface area contributed by atoms with Gasteiger partial charge in [0.1, 0.15) is 16.5 Å². The average Bonchev–Trinajstić information content (AvgIpc) is 2.55. The van der Waals surface area contributed by atoms with Crippen molar-refractivity contribution in [2.24, 2.45) is 0 Å². The van der Waals surface area contributed by atoms with Gasteiger partial charge in [0.25, 0.3) is 0 Å². The Morgan fingerprint density at radius 3 is 2.46 bits per heavy atom. The fourth-order valence-corrected chi connectivity index (χ4v) is 3.20. The molecule has 2 aromatic rings. The van der Waals surface area contributed by atoms with Crippen LogP contribution in [-0.4, -0.2) is 28.0 Å². The molecule has 8 heteroatoms. The van der Waals surface area contributed by atoms with E-state index in [1.807, 2.05) is 0 Å². The van der Waals surface area contributed by atoms with E-state index in [1.165, 1.54) is 37.4 Å². The third-order valence-corrected chi connectivity index (χ3v) is 4.58. The first-order chi connectivity index (χ1) is 11.3. The number of carbonyl (C=O) groups is 1. The summed E-state index contributed by atoms with van der Waals surface area (Å²) in [6, 6.07) is 9.87. The van der Waals surface area contributed by atoms with Gasteiger partial charge in [-0.3, -0.25) is 4.79 Å². The molecule has 0 atom stereocenters. The van der Waals surface area contributed by atoms with Gasteiger partial charge in [-0.2, -0.15) is 0 Å². The maximum Gasteiger partial charge on any atom is 0.244 e. The van der Waals surface area contributed by atoms with Crippen LogP contribution in [0.2, 0.25) is 0 Å². The Labute approximate surface area is 139 Å². The number of sulfonamides is 1. The van der Waals surface area contributed by atoms with Crippen LogP contribution in [0, 0.1) is 12.7 Å². The second-order valence-corrected chi connectivity index (χ2v) is 6.77. The van der Waals surface area contributed by atoms with Gasteiger partial charge < -0.3 is 10.1 Å². The summed E-state index contributed by atoms with van der Waals surface area (Å²) in [5.41, 5.74) is 1.11. The van der Waals surface area contributed by atoms with Crippen LogP contribution in [0.5, 0.6) is 5.75 Å². The number of rotatable bonds is 6. The minimum absolute atomic E-state index is 0.0421. The molecule has 0 saturated heterocycles. The minimum Gasteiger partial charge on any atom is -0.495 e. The number of methoxy groups -OCH3 is 1. The highest BCUT2D eigenvalue weighted by molar-refractivity contribution is 7.89. The summed E-state index contributed by atoms with van der Waals surface area (Å²) in [6.07, 6.45) is 0. The molecule has 0 radical (unpaired) electrons. The Balaban J connectivity index is 2.06. The van der Waals surface area contributed by atoms with E-state index in [0.717, 1.165) is 5.56 Å². The van der Waals surface area contributed by atoms with Crippen LogP contribution >= 0.6 is 0 Å². The van der Waals surface area contributed by atoms with Gasteiger partial charge in [0.05, 0.1) is 13.7 Å². The highest BCUT2D eigenvalue weighted by Crippen LogP contribution is 2.24. The largest absolute Gasteiger partial charge is 0.495 e. The molecule has 0 fully saturated rings. The second-order valence-electron chi connectivity index (χ2n) is 5.03. The molecule has 0 aliphatic carbocycles. The molecule has 0 saturated carbocycles. The first-order valence-corrected chi connectivity index (χ1v) is 8.50. The number of aryl methyl sites for hydroxylation is 1. The van der Waals surface area contributed by atoms with Crippen molar-refractivity contribution >= 4 is 21.6 Å². The lowest BCUT2D eigenvalue weighted by atomic mass is 10.2. The lowest BCUT2D eigenvalue weighted by molar-refractivity contribution is -0.115. The van der Waals surface area contributed by atoms with Gasteiger partial charge in [-0.15, -0.1) is 0 Å². The number of hydrogen-bond donors (Lipinski definition) is 2. The van der Waals surface area contributed by atoms with E-state index < -0.39 is 28.3 Å². The fourth-order valence-electron chi connectivity index (χ4n) is 1.97. The molecule has 0 aromatic heterocycles. The molecular weight excluding hydrogens is 335 g/mol. The van der Waals surface area contributed by atoms with E-state index in [1.54, 1.807) is 19.1 Å². The molecule has 0 aliphatic rings. The zero-order chi connectivity index (χ0) is 17.7. The van der Waals surface area contributed by atoms with Crippen molar-refractivity contribution in [2.75, 3.05) is 19.0 Å². The number of anilines is 1. The third-order valence-electron chi connectivity index (χ3n) is 3.16. The number of hydrogen-bond acceptors (Lipinski definition) is 4. The number of carbonyl (C=O) groups excluding carboxylic acids is 1. The number of halogens is 1. The Morgan fingerprint density at radius 2 is 1.83 bits per heavy atom. The molecular formula is C16H17FN2O4S. The Kier molecular flexibility index (Phi) is 5.53. The summed E-state index contributed by atoms with van der Waals surface area (Å²) >= 11 is 0. The van der Waals surface area contributed by atoms with Gasteiger partial charge in [0.15, 0.2) is 0 Å². The molecule has 0 bridgehead atoms. The standard InChI is InChI=1S/C16H17FN2O4S/c1-11-3-8-14(23-2)15(9-11)24(21,22)18-10-16(20)19-13-6-4-12(17)5-7-13/h3-9,18H,10H2,1-2H3,(H,19,20). The van der Waals surface area contributed by atoms with Crippen LogP contribution in [0.4, 0.5) is 10.1 Å². The van der Waals surface area contributed by atoms with E-state index in [4.69, 9.17) is 4.74 Å². The van der Waals surface area contributed by atoms with Gasteiger partial charge in [-0.1, -0.05) is 6.07 Å². The molecule has 2 rings (SSSR count). The molecule has 0 unspecified atom stereocenters. The highest BCUT2D eigenvalue weighted by Gasteiger charge is 2.20. The summed E-state index contributed by atoms with van der Waals surface area (Å²) < 4.78 is 44.8. The van der Waals surface area contributed by atoms with Crippen molar-refractivity contribution in [3.63, 3.8) is 0 Å². The van der Waals surface area contributed by atoms with Gasteiger partial charge in [0.2, 0.25) is 15.9 Å². The summed E-state index contributed by atoms with van der Waals surface area (Å²) in [4.78, 5) is 11.8. The lowest BCUT2D eigenvalue weighted by Crippen LogP contribution is -2.33. The van der Waals surface area contributed by atoms with Crippen molar-refractivity contribution in [3.05, 3.63) is 53.8 Å². The number of ether oxygens (including phenoxy) is 1. The lowest BCUT2D eigenvalue weighted by Gasteiger charge is -2.11. The molecule has 0 heterocycles. The minimum atomic E-state index is -3.92. The fraction of sp³-hybridized carbons (Fsp3) is 0.188. The maximum absolute atomic E-state index is 12.8. The van der Waals surface area contributed by atoms with Gasteiger partial charge >= 0.3 is 0 Å².